The number of hydrogen-bond donors (Lipinski definition) is 1. The number of aryl methyl sites for hydroxylation is 1. The molecule has 1 heterocycles. The Balaban J connectivity index is 2.84. The van der Waals surface area contributed by atoms with Crippen molar-refractivity contribution in [2.45, 2.75) is 67.3 Å². The van der Waals surface area contributed by atoms with Crippen molar-refractivity contribution in [1.82, 2.24) is 15.4 Å². The van der Waals surface area contributed by atoms with Gasteiger partial charge < -0.3 is 14.7 Å². The molecule has 0 aliphatic heterocycles. The monoisotopic (exact) mass is 323 g/mol. The minimum atomic E-state index is -0.141. The second-order valence-electron chi connectivity index (χ2n) is 6.60. The van der Waals surface area contributed by atoms with Crippen molar-refractivity contribution >= 4 is 5.91 Å². The Morgan fingerprint density at radius 2 is 1.91 bits per heavy atom. The van der Waals surface area contributed by atoms with Crippen LogP contribution in [-0.4, -0.2) is 41.6 Å². The van der Waals surface area contributed by atoms with Gasteiger partial charge in [-0.2, -0.15) is 0 Å². The molecule has 1 aromatic heterocycles. The second kappa shape index (κ2) is 8.48. The van der Waals surface area contributed by atoms with E-state index in [1.807, 2.05) is 13.8 Å². The highest BCUT2D eigenvalue weighted by Gasteiger charge is 2.33. The van der Waals surface area contributed by atoms with Gasteiger partial charge in [0.1, 0.15) is 5.76 Å². The van der Waals surface area contributed by atoms with Crippen molar-refractivity contribution in [2.75, 3.05) is 19.6 Å². The molecule has 0 bridgehead atoms. The third-order valence-corrected chi connectivity index (χ3v) is 5.24. The fraction of sp³-hybridized carbons (Fsp3) is 0.778. The zero-order valence-electron chi connectivity index (χ0n) is 15.8. The molecule has 1 amide bonds. The standard InChI is InChI=1S/C18H33N3O2/c1-8-15-13(5)16(20-23-15)17(22)19-14(6)18(7,9-2)12-21(10-3)11-4/h14H,8-12H2,1-7H3,(H,19,22). The van der Waals surface area contributed by atoms with Crippen LogP contribution in [0.5, 0.6) is 0 Å². The van der Waals surface area contributed by atoms with E-state index in [4.69, 9.17) is 4.52 Å². The van der Waals surface area contributed by atoms with Gasteiger partial charge in [-0.25, -0.2) is 0 Å². The molecule has 0 saturated carbocycles. The lowest BCUT2D eigenvalue weighted by atomic mass is 9.79. The smallest absolute Gasteiger partial charge is 0.273 e. The maximum atomic E-state index is 12.5. The summed E-state index contributed by atoms with van der Waals surface area (Å²) in [5.41, 5.74) is 1.28. The topological polar surface area (TPSA) is 58.4 Å². The Kier molecular flexibility index (Phi) is 7.26. The molecular formula is C18H33N3O2. The van der Waals surface area contributed by atoms with Crippen LogP contribution in [0.3, 0.4) is 0 Å². The number of aromatic nitrogens is 1. The summed E-state index contributed by atoms with van der Waals surface area (Å²) in [7, 11) is 0. The van der Waals surface area contributed by atoms with Crippen LogP contribution in [0, 0.1) is 12.3 Å². The van der Waals surface area contributed by atoms with E-state index in [0.717, 1.165) is 43.8 Å². The summed E-state index contributed by atoms with van der Waals surface area (Å²) >= 11 is 0. The average molecular weight is 323 g/mol. The number of carbonyl (C=O) groups is 1. The molecule has 132 valence electrons. The first-order valence-corrected chi connectivity index (χ1v) is 8.81. The van der Waals surface area contributed by atoms with Crippen molar-refractivity contribution in [1.29, 1.82) is 0 Å². The van der Waals surface area contributed by atoms with Crippen molar-refractivity contribution in [3.05, 3.63) is 17.0 Å². The van der Waals surface area contributed by atoms with Crippen LogP contribution in [0.2, 0.25) is 0 Å². The van der Waals surface area contributed by atoms with Crippen LogP contribution >= 0.6 is 0 Å². The average Bonchev–Trinajstić information content (AvgIpc) is 2.92. The molecule has 0 aliphatic carbocycles. The van der Waals surface area contributed by atoms with E-state index in [9.17, 15) is 4.79 Å². The Labute approximate surface area is 140 Å². The maximum absolute atomic E-state index is 12.5. The zero-order chi connectivity index (χ0) is 17.6. The van der Waals surface area contributed by atoms with E-state index < -0.39 is 0 Å². The van der Waals surface area contributed by atoms with Gasteiger partial charge in [0.15, 0.2) is 5.69 Å². The zero-order valence-corrected chi connectivity index (χ0v) is 15.8. The minimum Gasteiger partial charge on any atom is -0.360 e. The summed E-state index contributed by atoms with van der Waals surface area (Å²) in [4.78, 5) is 15.0. The van der Waals surface area contributed by atoms with E-state index in [0.29, 0.717) is 5.69 Å². The van der Waals surface area contributed by atoms with Crippen LogP contribution in [0.15, 0.2) is 4.52 Å². The first kappa shape index (κ1) is 19.7. The van der Waals surface area contributed by atoms with E-state index in [-0.39, 0.29) is 17.4 Å². The van der Waals surface area contributed by atoms with Crippen LogP contribution < -0.4 is 5.32 Å². The molecule has 0 radical (unpaired) electrons. The Morgan fingerprint density at radius 3 is 2.35 bits per heavy atom. The fourth-order valence-corrected chi connectivity index (χ4v) is 2.86. The SMILES string of the molecule is CCc1onc(C(=O)NC(C)C(C)(CC)CN(CC)CC)c1C. The van der Waals surface area contributed by atoms with Gasteiger partial charge in [-0.05, 0) is 38.8 Å². The van der Waals surface area contributed by atoms with Gasteiger partial charge in [-0.1, -0.05) is 39.8 Å². The molecule has 23 heavy (non-hydrogen) atoms. The number of hydrogen-bond acceptors (Lipinski definition) is 4. The molecule has 1 aromatic rings. The number of carbonyl (C=O) groups excluding carboxylic acids is 1. The van der Waals surface area contributed by atoms with E-state index >= 15 is 0 Å². The summed E-state index contributed by atoms with van der Waals surface area (Å²) in [6, 6.07) is 0.0572. The molecule has 0 spiro atoms. The molecule has 0 fully saturated rings. The molecule has 5 nitrogen and oxygen atoms in total. The lowest BCUT2D eigenvalue weighted by Crippen LogP contribution is -2.50. The first-order valence-electron chi connectivity index (χ1n) is 8.81. The van der Waals surface area contributed by atoms with Gasteiger partial charge in [-0.3, -0.25) is 4.79 Å². The molecule has 1 rings (SSSR count). The molecule has 2 atom stereocenters. The predicted molar refractivity (Wildman–Crippen MR) is 93.7 cm³/mol. The normalized spacial score (nSPS) is 15.5. The summed E-state index contributed by atoms with van der Waals surface area (Å²) in [6.45, 7) is 17.8. The van der Waals surface area contributed by atoms with Gasteiger partial charge in [0.2, 0.25) is 0 Å². The highest BCUT2D eigenvalue weighted by molar-refractivity contribution is 5.93. The lowest BCUT2D eigenvalue weighted by molar-refractivity contribution is 0.0831. The van der Waals surface area contributed by atoms with Gasteiger partial charge >= 0.3 is 0 Å². The van der Waals surface area contributed by atoms with Gasteiger partial charge in [-0.15, -0.1) is 0 Å². The van der Waals surface area contributed by atoms with Gasteiger partial charge in [0, 0.05) is 24.6 Å². The fourth-order valence-electron chi connectivity index (χ4n) is 2.86. The highest BCUT2D eigenvalue weighted by Crippen LogP contribution is 2.27. The summed E-state index contributed by atoms with van der Waals surface area (Å²) < 4.78 is 5.24. The minimum absolute atomic E-state index is 0.0207. The molecule has 5 heteroatoms. The van der Waals surface area contributed by atoms with E-state index in [1.165, 1.54) is 0 Å². The quantitative estimate of drug-likeness (QED) is 0.756. The van der Waals surface area contributed by atoms with Gasteiger partial charge in [0.25, 0.3) is 5.91 Å². The third-order valence-electron chi connectivity index (χ3n) is 5.24. The lowest BCUT2D eigenvalue weighted by Gasteiger charge is -2.39. The van der Waals surface area contributed by atoms with Crippen LogP contribution in [-0.2, 0) is 6.42 Å². The van der Waals surface area contributed by atoms with Crippen molar-refractivity contribution < 1.29 is 9.32 Å². The number of nitrogens with one attached hydrogen (secondary N) is 1. The van der Waals surface area contributed by atoms with Crippen molar-refractivity contribution in [3.8, 4) is 0 Å². The molecule has 1 N–H and O–H groups in total. The number of rotatable bonds is 9. The van der Waals surface area contributed by atoms with Crippen LogP contribution in [0.4, 0.5) is 0 Å². The van der Waals surface area contributed by atoms with Crippen molar-refractivity contribution in [3.63, 3.8) is 0 Å². The predicted octanol–water partition coefficient (Wildman–Crippen LogP) is 3.42. The molecular weight excluding hydrogens is 290 g/mol. The molecule has 0 saturated heterocycles. The van der Waals surface area contributed by atoms with Crippen molar-refractivity contribution in [2.24, 2.45) is 5.41 Å². The number of nitrogens with zero attached hydrogens (tertiary/aromatic N) is 2. The van der Waals surface area contributed by atoms with Gasteiger partial charge in [0.05, 0.1) is 0 Å². The third kappa shape index (κ3) is 4.56. The Hall–Kier alpha value is -1.36. The highest BCUT2D eigenvalue weighted by atomic mass is 16.5. The molecule has 2 unspecified atom stereocenters. The Bertz CT molecular complexity index is 508. The first-order chi connectivity index (χ1) is 10.8. The van der Waals surface area contributed by atoms with Crippen LogP contribution in [0.25, 0.3) is 0 Å². The summed E-state index contributed by atoms with van der Waals surface area (Å²) in [5.74, 6) is 0.641. The number of amides is 1. The summed E-state index contributed by atoms with van der Waals surface area (Å²) in [5, 5.41) is 7.07. The van der Waals surface area contributed by atoms with E-state index in [2.05, 4.69) is 50.0 Å². The maximum Gasteiger partial charge on any atom is 0.273 e. The van der Waals surface area contributed by atoms with Crippen LogP contribution in [0.1, 0.15) is 69.8 Å². The second-order valence-corrected chi connectivity index (χ2v) is 6.60. The molecule has 0 aliphatic rings. The van der Waals surface area contributed by atoms with E-state index in [1.54, 1.807) is 0 Å². The Morgan fingerprint density at radius 1 is 1.30 bits per heavy atom. The molecule has 0 aromatic carbocycles. The largest absolute Gasteiger partial charge is 0.360 e. The summed E-state index contributed by atoms with van der Waals surface area (Å²) in [6.07, 6.45) is 1.75.